The van der Waals surface area contributed by atoms with Crippen molar-refractivity contribution in [1.29, 1.82) is 0 Å². The fraction of sp³-hybridized carbons (Fsp3) is 0.885. The maximum atomic E-state index is 12.0. The lowest BCUT2D eigenvalue weighted by Gasteiger charge is -2.58. The Hall–Kier alpha value is -0.670. The Labute approximate surface area is 177 Å². The van der Waals surface area contributed by atoms with Crippen LogP contribution in [0.3, 0.4) is 0 Å². The minimum atomic E-state index is 0.0267. The summed E-state index contributed by atoms with van der Waals surface area (Å²) in [5.41, 5.74) is 2.19. The molecule has 1 aliphatic heterocycles. The number of fused-ring (bicyclic) bond motifs is 5. The van der Waals surface area contributed by atoms with Crippen LogP contribution in [0, 0.1) is 34.5 Å². The van der Waals surface area contributed by atoms with Crippen LogP contribution < -0.4 is 0 Å². The molecule has 0 aromatic carbocycles. The van der Waals surface area contributed by atoms with Crippen molar-refractivity contribution in [2.75, 3.05) is 6.61 Å². The van der Waals surface area contributed by atoms with Crippen LogP contribution in [-0.2, 0) is 14.3 Å². The largest absolute Gasteiger partial charge is 0.353 e. The third-order valence-electron chi connectivity index (χ3n) is 10.1. The van der Waals surface area contributed by atoms with Gasteiger partial charge >= 0.3 is 0 Å². The van der Waals surface area contributed by atoms with Gasteiger partial charge < -0.3 is 9.47 Å². The van der Waals surface area contributed by atoms with E-state index in [-0.39, 0.29) is 11.7 Å². The summed E-state index contributed by atoms with van der Waals surface area (Å²) in [6.45, 7) is 8.26. The summed E-state index contributed by atoms with van der Waals surface area (Å²) in [6.07, 6.45) is 15.5. The molecule has 4 aliphatic carbocycles. The number of hydrogen-bond donors (Lipinski definition) is 0. The SMILES string of the molecule is C[C@H](OC1CCCCO1)[C@H]1CC[C@H]2[C@@H]3CCC4=CC(=O)CC[C@]4(C)[C@H]3CC[C@]12C. The first kappa shape index (κ1) is 20.2. The van der Waals surface area contributed by atoms with E-state index in [1.165, 1.54) is 50.5 Å². The summed E-state index contributed by atoms with van der Waals surface area (Å²) in [5, 5.41) is 0. The molecular weight excluding hydrogens is 360 g/mol. The molecule has 3 heteroatoms. The van der Waals surface area contributed by atoms with Gasteiger partial charge in [0.1, 0.15) is 0 Å². The summed E-state index contributed by atoms with van der Waals surface area (Å²) in [6, 6.07) is 0. The van der Waals surface area contributed by atoms with Crippen molar-refractivity contribution in [3.8, 4) is 0 Å². The van der Waals surface area contributed by atoms with Crippen molar-refractivity contribution in [3.63, 3.8) is 0 Å². The summed E-state index contributed by atoms with van der Waals surface area (Å²) < 4.78 is 12.4. The van der Waals surface area contributed by atoms with Crippen LogP contribution in [0.2, 0.25) is 0 Å². The van der Waals surface area contributed by atoms with Crippen molar-refractivity contribution < 1.29 is 14.3 Å². The normalized spacial score (nSPS) is 48.3. The molecule has 1 saturated heterocycles. The van der Waals surface area contributed by atoms with Crippen LogP contribution in [0.4, 0.5) is 0 Å². The fourth-order valence-corrected chi connectivity index (χ4v) is 8.52. The second kappa shape index (κ2) is 7.48. The number of ketones is 1. The summed E-state index contributed by atoms with van der Waals surface area (Å²) in [7, 11) is 0. The standard InChI is InChI=1S/C26H40O3/c1-17(29-24-6-4-5-15-28-24)21-9-10-22-20-8-7-18-16-19(27)11-13-25(18,2)23(20)12-14-26(21,22)3/h16-17,20-24H,4-15H2,1-3H3/t17-,20-,21+,22-,23-,24?,25-,26+/m0/s1. The van der Waals surface area contributed by atoms with E-state index >= 15 is 0 Å². The molecule has 3 saturated carbocycles. The van der Waals surface area contributed by atoms with Crippen molar-refractivity contribution in [2.24, 2.45) is 34.5 Å². The molecule has 4 fully saturated rings. The van der Waals surface area contributed by atoms with Gasteiger partial charge in [-0.1, -0.05) is 19.4 Å². The van der Waals surface area contributed by atoms with Crippen molar-refractivity contribution in [2.45, 2.75) is 104 Å². The Bertz CT molecular complexity index is 677. The van der Waals surface area contributed by atoms with E-state index in [4.69, 9.17) is 9.47 Å². The molecule has 0 amide bonds. The average Bonchev–Trinajstić information content (AvgIpc) is 3.06. The Morgan fingerprint density at radius 1 is 1.03 bits per heavy atom. The first-order valence-corrected chi connectivity index (χ1v) is 12.4. The Morgan fingerprint density at radius 2 is 1.90 bits per heavy atom. The predicted octanol–water partition coefficient (Wildman–Crippen LogP) is 6.07. The topological polar surface area (TPSA) is 35.5 Å². The van der Waals surface area contributed by atoms with Gasteiger partial charge in [0.2, 0.25) is 0 Å². The molecule has 162 valence electrons. The minimum absolute atomic E-state index is 0.0267. The zero-order valence-electron chi connectivity index (χ0n) is 18.8. The van der Waals surface area contributed by atoms with Crippen molar-refractivity contribution in [3.05, 3.63) is 11.6 Å². The van der Waals surface area contributed by atoms with E-state index in [0.29, 0.717) is 23.2 Å². The van der Waals surface area contributed by atoms with E-state index in [2.05, 4.69) is 20.8 Å². The van der Waals surface area contributed by atoms with Gasteiger partial charge in [0.05, 0.1) is 6.10 Å². The zero-order valence-corrected chi connectivity index (χ0v) is 18.8. The number of allylic oxidation sites excluding steroid dienone is 1. The lowest BCUT2D eigenvalue weighted by Crippen LogP contribution is -2.51. The van der Waals surface area contributed by atoms with E-state index < -0.39 is 0 Å². The Balaban J connectivity index is 1.33. The smallest absolute Gasteiger partial charge is 0.157 e. The van der Waals surface area contributed by atoms with E-state index in [9.17, 15) is 4.79 Å². The molecule has 0 spiro atoms. The van der Waals surface area contributed by atoms with Crippen LogP contribution in [0.25, 0.3) is 0 Å². The first-order valence-electron chi connectivity index (χ1n) is 12.4. The molecule has 0 radical (unpaired) electrons. The second-order valence-corrected chi connectivity index (χ2v) is 11.3. The highest BCUT2D eigenvalue weighted by Crippen LogP contribution is 2.67. The van der Waals surface area contributed by atoms with Crippen LogP contribution in [0.15, 0.2) is 11.6 Å². The molecule has 0 aromatic heterocycles. The van der Waals surface area contributed by atoms with E-state index in [1.54, 1.807) is 0 Å². The Morgan fingerprint density at radius 3 is 2.69 bits per heavy atom. The monoisotopic (exact) mass is 400 g/mol. The van der Waals surface area contributed by atoms with Gasteiger partial charge in [-0.2, -0.15) is 0 Å². The molecule has 1 unspecified atom stereocenters. The van der Waals surface area contributed by atoms with Crippen LogP contribution in [-0.4, -0.2) is 24.8 Å². The van der Waals surface area contributed by atoms with Gasteiger partial charge in [0.15, 0.2) is 12.1 Å². The number of carbonyl (C=O) groups is 1. The number of carbonyl (C=O) groups excluding carboxylic acids is 1. The quantitative estimate of drug-likeness (QED) is 0.577. The van der Waals surface area contributed by atoms with Gasteiger partial charge in [0.25, 0.3) is 0 Å². The van der Waals surface area contributed by atoms with E-state index in [1.807, 2.05) is 6.08 Å². The third-order valence-corrected chi connectivity index (χ3v) is 10.1. The molecule has 0 aromatic rings. The zero-order chi connectivity index (χ0) is 20.2. The highest BCUT2D eigenvalue weighted by atomic mass is 16.7. The molecule has 29 heavy (non-hydrogen) atoms. The molecular formula is C26H40O3. The number of rotatable bonds is 3. The third kappa shape index (κ3) is 3.26. The highest BCUT2D eigenvalue weighted by Gasteiger charge is 2.59. The molecule has 5 aliphatic rings. The lowest BCUT2D eigenvalue weighted by atomic mass is 9.46. The minimum Gasteiger partial charge on any atom is -0.353 e. The van der Waals surface area contributed by atoms with Gasteiger partial charge in [-0.05, 0) is 112 Å². The summed E-state index contributed by atoms with van der Waals surface area (Å²) in [4.78, 5) is 12.0. The maximum absolute atomic E-state index is 12.0. The Kier molecular flexibility index (Phi) is 5.22. The molecule has 0 N–H and O–H groups in total. The van der Waals surface area contributed by atoms with Crippen molar-refractivity contribution in [1.82, 2.24) is 0 Å². The molecule has 0 bridgehead atoms. The first-order chi connectivity index (χ1) is 13.9. The number of ether oxygens (including phenoxy) is 2. The van der Waals surface area contributed by atoms with Gasteiger partial charge in [-0.25, -0.2) is 0 Å². The highest BCUT2D eigenvalue weighted by molar-refractivity contribution is 5.91. The maximum Gasteiger partial charge on any atom is 0.157 e. The molecule has 3 nitrogen and oxygen atoms in total. The van der Waals surface area contributed by atoms with Gasteiger partial charge in [-0.3, -0.25) is 4.79 Å². The summed E-state index contributed by atoms with van der Waals surface area (Å²) >= 11 is 0. The molecule has 8 atom stereocenters. The van der Waals surface area contributed by atoms with Crippen LogP contribution in [0.1, 0.15) is 91.4 Å². The van der Waals surface area contributed by atoms with Crippen molar-refractivity contribution >= 4 is 5.78 Å². The molecule has 5 rings (SSSR count). The van der Waals surface area contributed by atoms with E-state index in [0.717, 1.165) is 50.0 Å². The van der Waals surface area contributed by atoms with Gasteiger partial charge in [-0.15, -0.1) is 0 Å². The average molecular weight is 401 g/mol. The predicted molar refractivity (Wildman–Crippen MR) is 114 cm³/mol. The fourth-order valence-electron chi connectivity index (χ4n) is 8.52. The second-order valence-electron chi connectivity index (χ2n) is 11.3. The van der Waals surface area contributed by atoms with Gasteiger partial charge in [0, 0.05) is 13.0 Å². The molecule has 1 heterocycles. The van der Waals surface area contributed by atoms with Crippen LogP contribution in [0.5, 0.6) is 0 Å². The number of hydrogen-bond acceptors (Lipinski definition) is 3. The lowest BCUT2D eigenvalue weighted by molar-refractivity contribution is -0.205. The summed E-state index contributed by atoms with van der Waals surface area (Å²) in [5.74, 6) is 3.49. The van der Waals surface area contributed by atoms with Crippen LogP contribution >= 0.6 is 0 Å².